The van der Waals surface area contributed by atoms with Gasteiger partial charge < -0.3 is 15.1 Å². The van der Waals surface area contributed by atoms with Crippen molar-refractivity contribution in [3.63, 3.8) is 0 Å². The lowest BCUT2D eigenvalue weighted by Gasteiger charge is -2.23. The lowest BCUT2D eigenvalue weighted by Crippen LogP contribution is -2.38. The largest absolute Gasteiger partial charge is 0.353 e. The van der Waals surface area contributed by atoms with Crippen LogP contribution >= 0.6 is 11.6 Å². The molecule has 2 aromatic carbocycles. The minimum atomic E-state index is -0.180. The maximum absolute atomic E-state index is 12.8. The third-order valence-corrected chi connectivity index (χ3v) is 5.57. The molecule has 0 atom stereocenters. The van der Waals surface area contributed by atoms with Crippen LogP contribution in [0.5, 0.6) is 0 Å². The molecule has 0 bridgehead atoms. The second-order valence-electron chi connectivity index (χ2n) is 7.52. The van der Waals surface area contributed by atoms with Crippen LogP contribution in [0.15, 0.2) is 65.5 Å². The number of amides is 2. The van der Waals surface area contributed by atoms with Crippen LogP contribution in [0.2, 0.25) is 5.02 Å². The molecule has 1 N–H and O–H groups in total. The Labute approximate surface area is 185 Å². The molecule has 1 saturated heterocycles. The number of aryl methyl sites for hydroxylation is 1. The third kappa shape index (κ3) is 4.88. The molecule has 31 heavy (non-hydrogen) atoms. The number of rotatable bonds is 3. The van der Waals surface area contributed by atoms with Crippen molar-refractivity contribution in [3.8, 4) is 5.69 Å². The van der Waals surface area contributed by atoms with E-state index in [0.717, 1.165) is 24.2 Å². The van der Waals surface area contributed by atoms with Gasteiger partial charge in [0.15, 0.2) is 0 Å². The van der Waals surface area contributed by atoms with Crippen LogP contribution in [0, 0.1) is 6.92 Å². The predicted octanol–water partition coefficient (Wildman–Crippen LogP) is 3.94. The molecule has 1 aromatic heterocycles. The van der Waals surface area contributed by atoms with Gasteiger partial charge in [-0.25, -0.2) is 4.79 Å². The molecule has 1 aliphatic rings. The number of halogens is 1. The van der Waals surface area contributed by atoms with Gasteiger partial charge in [0.1, 0.15) is 5.82 Å². The monoisotopic (exact) mass is 437 g/mol. The third-order valence-electron chi connectivity index (χ3n) is 5.26. The van der Waals surface area contributed by atoms with Gasteiger partial charge in [-0.05, 0) is 49.2 Å². The van der Waals surface area contributed by atoms with E-state index in [1.807, 2.05) is 55.5 Å². The summed E-state index contributed by atoms with van der Waals surface area (Å²) >= 11 is 6.25. The molecule has 4 rings (SSSR count). The predicted molar refractivity (Wildman–Crippen MR) is 123 cm³/mol. The van der Waals surface area contributed by atoms with Crippen molar-refractivity contribution < 1.29 is 4.79 Å². The first kappa shape index (κ1) is 20.9. The van der Waals surface area contributed by atoms with Gasteiger partial charge in [0.05, 0.1) is 16.4 Å². The summed E-state index contributed by atoms with van der Waals surface area (Å²) in [4.78, 5) is 28.9. The van der Waals surface area contributed by atoms with E-state index in [-0.39, 0.29) is 11.6 Å². The van der Waals surface area contributed by atoms with Gasteiger partial charge in [-0.15, -0.1) is 5.10 Å². The van der Waals surface area contributed by atoms with Gasteiger partial charge in [0, 0.05) is 32.2 Å². The number of nitrogens with zero attached hydrogens (tertiary/aromatic N) is 4. The molecule has 0 spiro atoms. The molecule has 3 aromatic rings. The first-order valence-electron chi connectivity index (χ1n) is 10.2. The van der Waals surface area contributed by atoms with Crippen LogP contribution in [0.4, 0.5) is 16.3 Å². The summed E-state index contributed by atoms with van der Waals surface area (Å²) in [5, 5.41) is 7.99. The molecule has 0 saturated carbocycles. The minimum Gasteiger partial charge on any atom is -0.353 e. The first-order valence-corrected chi connectivity index (χ1v) is 10.6. The van der Waals surface area contributed by atoms with E-state index in [4.69, 9.17) is 11.6 Å². The van der Waals surface area contributed by atoms with Crippen LogP contribution in [0.1, 0.15) is 12.0 Å². The fourth-order valence-corrected chi connectivity index (χ4v) is 3.87. The fraction of sp³-hybridized carbons (Fsp3) is 0.261. The Bertz CT molecular complexity index is 1130. The summed E-state index contributed by atoms with van der Waals surface area (Å²) in [6, 6.07) is 18.0. The summed E-state index contributed by atoms with van der Waals surface area (Å²) in [6.45, 7) is 4.49. The van der Waals surface area contributed by atoms with Crippen molar-refractivity contribution in [2.45, 2.75) is 13.3 Å². The first-order chi connectivity index (χ1) is 15.0. The number of hydrogen-bond donors (Lipinski definition) is 1. The molecular weight excluding hydrogens is 414 g/mol. The molecule has 1 aliphatic heterocycles. The van der Waals surface area contributed by atoms with Gasteiger partial charge >= 0.3 is 6.03 Å². The van der Waals surface area contributed by atoms with E-state index < -0.39 is 0 Å². The van der Waals surface area contributed by atoms with Crippen LogP contribution < -0.4 is 15.8 Å². The number of hydrogen-bond acceptors (Lipinski definition) is 4. The molecule has 160 valence electrons. The smallest absolute Gasteiger partial charge is 0.321 e. The van der Waals surface area contributed by atoms with Gasteiger partial charge in [-0.3, -0.25) is 4.79 Å². The van der Waals surface area contributed by atoms with Crippen molar-refractivity contribution in [3.05, 3.63) is 81.6 Å². The van der Waals surface area contributed by atoms with Crippen molar-refractivity contribution in [1.82, 2.24) is 14.7 Å². The number of urea groups is 1. The highest BCUT2D eigenvalue weighted by Gasteiger charge is 2.21. The van der Waals surface area contributed by atoms with E-state index in [0.29, 0.717) is 36.2 Å². The number of para-hydroxylation sites is 1. The highest BCUT2D eigenvalue weighted by atomic mass is 35.5. The summed E-state index contributed by atoms with van der Waals surface area (Å²) in [5.74, 6) is 0.715. The van der Waals surface area contributed by atoms with E-state index in [1.54, 1.807) is 11.0 Å². The SMILES string of the molecule is Cc1ccc(NC(=O)N2CCCN(c3ccc(=O)n(-c4ccccc4)n3)CC2)c(Cl)c1. The highest BCUT2D eigenvalue weighted by molar-refractivity contribution is 6.33. The Balaban J connectivity index is 1.46. The molecule has 1 fully saturated rings. The van der Waals surface area contributed by atoms with Crippen molar-refractivity contribution in [2.75, 3.05) is 36.4 Å². The Hall–Kier alpha value is -3.32. The zero-order chi connectivity index (χ0) is 21.8. The topological polar surface area (TPSA) is 70.5 Å². The van der Waals surface area contributed by atoms with Crippen molar-refractivity contribution in [2.24, 2.45) is 0 Å². The Morgan fingerprint density at radius 1 is 1.00 bits per heavy atom. The molecular formula is C23H24ClN5O2. The highest BCUT2D eigenvalue weighted by Crippen LogP contribution is 2.23. The minimum absolute atomic E-state index is 0.171. The zero-order valence-corrected chi connectivity index (χ0v) is 18.0. The number of benzene rings is 2. The van der Waals surface area contributed by atoms with Gasteiger partial charge in [0.2, 0.25) is 0 Å². The lowest BCUT2D eigenvalue weighted by molar-refractivity contribution is 0.215. The summed E-state index contributed by atoms with van der Waals surface area (Å²) in [6.07, 6.45) is 0.793. The number of aromatic nitrogens is 2. The lowest BCUT2D eigenvalue weighted by atomic mass is 10.2. The number of anilines is 2. The van der Waals surface area contributed by atoms with Crippen LogP contribution in [-0.2, 0) is 0 Å². The molecule has 8 heteroatoms. The van der Waals surface area contributed by atoms with Gasteiger partial charge in [0.25, 0.3) is 5.56 Å². The normalized spacial score (nSPS) is 14.3. The Kier molecular flexibility index (Phi) is 6.23. The van der Waals surface area contributed by atoms with E-state index >= 15 is 0 Å². The summed E-state index contributed by atoms with van der Waals surface area (Å²) in [5.41, 5.74) is 2.19. The molecule has 0 aliphatic carbocycles. The molecule has 0 unspecified atom stereocenters. The van der Waals surface area contributed by atoms with Gasteiger partial charge in [-0.2, -0.15) is 4.68 Å². The quantitative estimate of drug-likeness (QED) is 0.673. The molecule has 0 radical (unpaired) electrons. The molecule has 2 heterocycles. The average Bonchev–Trinajstić information content (AvgIpc) is 3.03. The summed E-state index contributed by atoms with van der Waals surface area (Å²) in [7, 11) is 0. The maximum Gasteiger partial charge on any atom is 0.321 e. The fourth-order valence-electron chi connectivity index (χ4n) is 3.59. The number of carbonyl (C=O) groups excluding carboxylic acids is 1. The second kappa shape index (κ2) is 9.22. The van der Waals surface area contributed by atoms with Crippen molar-refractivity contribution >= 4 is 29.1 Å². The van der Waals surface area contributed by atoms with Crippen LogP contribution in [-0.4, -0.2) is 46.9 Å². The van der Waals surface area contributed by atoms with E-state index in [2.05, 4.69) is 15.3 Å². The molecule has 2 amide bonds. The Morgan fingerprint density at radius 2 is 1.81 bits per heavy atom. The zero-order valence-electron chi connectivity index (χ0n) is 17.3. The standard InChI is InChI=1S/C23H24ClN5O2/c1-17-8-9-20(19(24)16-17)25-23(31)28-13-5-12-27(14-15-28)21-10-11-22(30)29(26-21)18-6-3-2-4-7-18/h2-4,6-11,16H,5,12-15H2,1H3,(H,25,31). The number of nitrogens with one attached hydrogen (secondary N) is 1. The second-order valence-corrected chi connectivity index (χ2v) is 7.93. The average molecular weight is 438 g/mol. The van der Waals surface area contributed by atoms with Crippen LogP contribution in [0.3, 0.4) is 0 Å². The maximum atomic E-state index is 12.8. The van der Waals surface area contributed by atoms with Crippen LogP contribution in [0.25, 0.3) is 5.69 Å². The summed E-state index contributed by atoms with van der Waals surface area (Å²) < 4.78 is 1.41. The van der Waals surface area contributed by atoms with E-state index in [9.17, 15) is 9.59 Å². The number of carbonyl (C=O) groups is 1. The molecule has 7 nitrogen and oxygen atoms in total. The Morgan fingerprint density at radius 3 is 2.58 bits per heavy atom. The van der Waals surface area contributed by atoms with E-state index in [1.165, 1.54) is 10.7 Å². The van der Waals surface area contributed by atoms with Crippen molar-refractivity contribution in [1.29, 1.82) is 0 Å². The van der Waals surface area contributed by atoms with Gasteiger partial charge in [-0.1, -0.05) is 35.9 Å².